The summed E-state index contributed by atoms with van der Waals surface area (Å²) in [5.74, 6) is 0.517. The van der Waals surface area contributed by atoms with E-state index >= 15 is 0 Å². The van der Waals surface area contributed by atoms with Crippen molar-refractivity contribution >= 4 is 0 Å². The number of alkyl halides is 3. The van der Waals surface area contributed by atoms with Gasteiger partial charge in [0.05, 0.1) is 13.1 Å². The van der Waals surface area contributed by atoms with Crippen molar-refractivity contribution in [1.82, 2.24) is 15.0 Å². The Bertz CT molecular complexity index is 423. The summed E-state index contributed by atoms with van der Waals surface area (Å²) in [5.41, 5.74) is 5.31. The van der Waals surface area contributed by atoms with E-state index in [1.54, 1.807) is 0 Å². The molecule has 1 fully saturated rings. The Kier molecular flexibility index (Phi) is 4.07. The Morgan fingerprint density at radius 2 is 2.26 bits per heavy atom. The van der Waals surface area contributed by atoms with Crippen LogP contribution < -0.4 is 5.73 Å². The normalized spacial score (nSPS) is 22.9. The minimum Gasteiger partial charge on any atom is -0.382 e. The summed E-state index contributed by atoms with van der Waals surface area (Å²) in [4.78, 5) is 5.46. The van der Waals surface area contributed by atoms with Gasteiger partial charge in [-0.15, -0.1) is 0 Å². The van der Waals surface area contributed by atoms with Crippen molar-refractivity contribution in [3.05, 3.63) is 11.7 Å². The maximum atomic E-state index is 12.5. The zero-order chi connectivity index (χ0) is 14.0. The van der Waals surface area contributed by atoms with Crippen LogP contribution in [-0.2, 0) is 13.1 Å². The van der Waals surface area contributed by atoms with Crippen LogP contribution in [0.1, 0.15) is 24.6 Å². The highest BCUT2D eigenvalue weighted by Gasteiger charge is 2.47. The lowest BCUT2D eigenvalue weighted by Crippen LogP contribution is -2.46. The predicted molar refractivity (Wildman–Crippen MR) is 57.7 cm³/mol. The lowest BCUT2D eigenvalue weighted by Gasteiger charge is -2.28. The second kappa shape index (κ2) is 5.43. The highest BCUT2D eigenvalue weighted by Crippen LogP contribution is 2.31. The average Bonchev–Trinajstić information content (AvgIpc) is 2.96. The second-order valence-electron chi connectivity index (χ2n) is 4.47. The minimum atomic E-state index is -4.62. The van der Waals surface area contributed by atoms with Crippen LogP contribution in [0.15, 0.2) is 4.52 Å². The van der Waals surface area contributed by atoms with E-state index in [4.69, 9.17) is 10.3 Å². The van der Waals surface area contributed by atoms with Gasteiger partial charge in [0.2, 0.25) is 5.89 Å². The first-order valence-corrected chi connectivity index (χ1v) is 5.92. The molecule has 2 rings (SSSR count). The molecule has 0 spiro atoms. The molecule has 2 heterocycles. The summed E-state index contributed by atoms with van der Waals surface area (Å²) >= 11 is 0. The number of aromatic nitrogens is 2. The van der Waals surface area contributed by atoms with Crippen molar-refractivity contribution in [2.75, 3.05) is 6.54 Å². The van der Waals surface area contributed by atoms with Crippen LogP contribution in [0.3, 0.4) is 0 Å². The molecule has 0 aliphatic carbocycles. The van der Waals surface area contributed by atoms with E-state index in [-0.39, 0.29) is 24.8 Å². The van der Waals surface area contributed by atoms with Gasteiger partial charge in [-0.25, -0.2) is 0 Å². The van der Waals surface area contributed by atoms with Crippen molar-refractivity contribution in [3.63, 3.8) is 0 Å². The standard InChI is InChI=1S/C10H15F3N4O2/c11-10(12,13)9(18)6-2-1-3-17(6)5-7-15-8(4-14)19-16-7/h6,9,18H,1-5,14H2. The van der Waals surface area contributed by atoms with E-state index in [1.807, 2.05) is 0 Å². The molecule has 0 amide bonds. The van der Waals surface area contributed by atoms with E-state index in [0.717, 1.165) is 0 Å². The summed E-state index contributed by atoms with van der Waals surface area (Å²) in [6.07, 6.45) is -6.08. The molecule has 2 atom stereocenters. The van der Waals surface area contributed by atoms with Crippen molar-refractivity contribution in [2.45, 2.75) is 44.3 Å². The fraction of sp³-hybridized carbons (Fsp3) is 0.800. The summed E-state index contributed by atoms with van der Waals surface area (Å²) in [6.45, 7) is 0.660. The molecule has 108 valence electrons. The van der Waals surface area contributed by atoms with Crippen LogP contribution in [0.25, 0.3) is 0 Å². The highest BCUT2D eigenvalue weighted by molar-refractivity contribution is 4.93. The summed E-state index contributed by atoms with van der Waals surface area (Å²) < 4.78 is 42.4. The summed E-state index contributed by atoms with van der Waals surface area (Å²) in [7, 11) is 0. The van der Waals surface area contributed by atoms with Gasteiger partial charge in [0.1, 0.15) is 0 Å². The van der Waals surface area contributed by atoms with E-state index < -0.39 is 18.3 Å². The quantitative estimate of drug-likeness (QED) is 0.830. The molecule has 19 heavy (non-hydrogen) atoms. The number of aliphatic hydroxyl groups is 1. The van der Waals surface area contributed by atoms with Crippen LogP contribution >= 0.6 is 0 Å². The molecule has 1 saturated heterocycles. The number of halogens is 3. The topological polar surface area (TPSA) is 88.4 Å². The summed E-state index contributed by atoms with van der Waals surface area (Å²) in [5, 5.41) is 13.0. The molecule has 0 saturated carbocycles. The zero-order valence-corrected chi connectivity index (χ0v) is 10.1. The third-order valence-corrected chi connectivity index (χ3v) is 3.14. The third kappa shape index (κ3) is 3.23. The smallest absolute Gasteiger partial charge is 0.382 e. The van der Waals surface area contributed by atoms with Crippen molar-refractivity contribution in [1.29, 1.82) is 0 Å². The molecule has 1 aliphatic rings. The molecule has 1 aromatic heterocycles. The molecular formula is C10H15F3N4O2. The molecule has 2 unspecified atom stereocenters. The van der Waals surface area contributed by atoms with Gasteiger partial charge in [0.15, 0.2) is 11.9 Å². The zero-order valence-electron chi connectivity index (χ0n) is 10.1. The van der Waals surface area contributed by atoms with E-state index in [0.29, 0.717) is 19.4 Å². The molecule has 0 radical (unpaired) electrons. The van der Waals surface area contributed by atoms with Gasteiger partial charge in [0.25, 0.3) is 0 Å². The molecule has 0 aromatic carbocycles. The first-order chi connectivity index (χ1) is 8.91. The Morgan fingerprint density at radius 1 is 1.53 bits per heavy atom. The summed E-state index contributed by atoms with van der Waals surface area (Å²) in [6, 6.07) is -0.958. The number of nitrogens with two attached hydrogens (primary N) is 1. The van der Waals surface area contributed by atoms with E-state index in [1.165, 1.54) is 4.90 Å². The van der Waals surface area contributed by atoms with Gasteiger partial charge in [-0.1, -0.05) is 5.16 Å². The van der Waals surface area contributed by atoms with Crippen molar-refractivity contribution < 1.29 is 22.8 Å². The van der Waals surface area contributed by atoms with Crippen LogP contribution in [0.2, 0.25) is 0 Å². The predicted octanol–water partition coefficient (Wildman–Crippen LogP) is 0.416. The lowest BCUT2D eigenvalue weighted by molar-refractivity contribution is -0.219. The Balaban J connectivity index is 2.02. The van der Waals surface area contributed by atoms with Gasteiger partial charge >= 0.3 is 6.18 Å². The monoisotopic (exact) mass is 280 g/mol. The first kappa shape index (κ1) is 14.2. The van der Waals surface area contributed by atoms with Crippen LogP contribution in [-0.4, -0.2) is 45.0 Å². The number of hydrogen-bond acceptors (Lipinski definition) is 6. The number of likely N-dealkylation sites (tertiary alicyclic amines) is 1. The molecule has 1 aromatic rings. The first-order valence-electron chi connectivity index (χ1n) is 5.92. The molecular weight excluding hydrogens is 265 g/mol. The Hall–Kier alpha value is -1.19. The van der Waals surface area contributed by atoms with Gasteiger partial charge < -0.3 is 15.4 Å². The lowest BCUT2D eigenvalue weighted by atomic mass is 10.1. The maximum absolute atomic E-state index is 12.5. The highest BCUT2D eigenvalue weighted by atomic mass is 19.4. The number of rotatable bonds is 4. The third-order valence-electron chi connectivity index (χ3n) is 3.14. The maximum Gasteiger partial charge on any atom is 0.415 e. The minimum absolute atomic E-state index is 0.0849. The van der Waals surface area contributed by atoms with Gasteiger partial charge in [-0.3, -0.25) is 4.90 Å². The van der Waals surface area contributed by atoms with Gasteiger partial charge in [-0.2, -0.15) is 18.2 Å². The van der Waals surface area contributed by atoms with Gasteiger partial charge in [0, 0.05) is 6.04 Å². The molecule has 9 heteroatoms. The van der Waals surface area contributed by atoms with Crippen LogP contribution in [0, 0.1) is 0 Å². The molecule has 3 N–H and O–H groups in total. The van der Waals surface area contributed by atoms with E-state index in [2.05, 4.69) is 10.1 Å². The number of nitrogens with zero attached hydrogens (tertiary/aromatic N) is 3. The molecule has 1 aliphatic heterocycles. The SMILES string of the molecule is NCc1nc(CN2CCCC2C(O)C(F)(F)F)no1. The average molecular weight is 280 g/mol. The van der Waals surface area contributed by atoms with Crippen molar-refractivity contribution in [3.8, 4) is 0 Å². The van der Waals surface area contributed by atoms with Crippen LogP contribution in [0.5, 0.6) is 0 Å². The Labute approximate surface area is 107 Å². The molecule has 0 bridgehead atoms. The molecule has 6 nitrogen and oxygen atoms in total. The van der Waals surface area contributed by atoms with Gasteiger partial charge in [-0.05, 0) is 19.4 Å². The fourth-order valence-electron chi connectivity index (χ4n) is 2.24. The number of aliphatic hydroxyl groups excluding tert-OH is 1. The Morgan fingerprint density at radius 3 is 2.84 bits per heavy atom. The fourth-order valence-corrected chi connectivity index (χ4v) is 2.24. The second-order valence-corrected chi connectivity index (χ2v) is 4.47. The van der Waals surface area contributed by atoms with Crippen molar-refractivity contribution in [2.24, 2.45) is 5.73 Å². The number of hydrogen-bond donors (Lipinski definition) is 2. The van der Waals surface area contributed by atoms with E-state index in [9.17, 15) is 18.3 Å². The largest absolute Gasteiger partial charge is 0.415 e. The van der Waals surface area contributed by atoms with Crippen LogP contribution in [0.4, 0.5) is 13.2 Å².